The maximum Gasteiger partial charge on any atom is 0.221 e. The Hall–Kier alpha value is -1.60. The largest absolute Gasteiger partial charge is 0.497 e. The van der Waals surface area contributed by atoms with Gasteiger partial charge in [-0.2, -0.15) is 0 Å². The second kappa shape index (κ2) is 9.64. The number of carbonyl (C=O) groups excluding carboxylic acids is 1. The molecule has 0 spiro atoms. The summed E-state index contributed by atoms with van der Waals surface area (Å²) in [4.78, 5) is 11.9. The van der Waals surface area contributed by atoms with Gasteiger partial charge in [0.2, 0.25) is 15.9 Å². The molecule has 1 rings (SSSR count). The van der Waals surface area contributed by atoms with Gasteiger partial charge in [-0.25, -0.2) is 12.7 Å². The van der Waals surface area contributed by atoms with Crippen molar-refractivity contribution in [1.82, 2.24) is 9.62 Å². The first kappa shape index (κ1) is 20.4. The number of nitrogens with one attached hydrogen (secondary N) is 1. The molecule has 1 aromatic carbocycles. The average molecular weight is 356 g/mol. The second-order valence-corrected chi connectivity index (χ2v) is 8.20. The Kier molecular flexibility index (Phi) is 8.21. The summed E-state index contributed by atoms with van der Waals surface area (Å²) >= 11 is 0. The summed E-state index contributed by atoms with van der Waals surface area (Å²) in [5, 5.41) is 2.83. The lowest BCUT2D eigenvalue weighted by Crippen LogP contribution is -2.37. The fourth-order valence-corrected chi connectivity index (χ4v) is 3.28. The number of methoxy groups -OCH3 is 1. The summed E-state index contributed by atoms with van der Waals surface area (Å²) in [6, 6.07) is 7.69. The Morgan fingerprint density at radius 3 is 2.62 bits per heavy atom. The van der Waals surface area contributed by atoms with Crippen molar-refractivity contribution in [3.63, 3.8) is 0 Å². The molecule has 0 aromatic heterocycles. The Bertz CT molecular complexity index is 629. The third-order valence-corrected chi connectivity index (χ3v) is 4.77. The molecule has 0 unspecified atom stereocenters. The molecule has 6 nitrogen and oxygen atoms in total. The van der Waals surface area contributed by atoms with Crippen LogP contribution in [-0.4, -0.2) is 51.6 Å². The maximum atomic E-state index is 11.9. The summed E-state index contributed by atoms with van der Waals surface area (Å²) < 4.78 is 30.0. The van der Waals surface area contributed by atoms with Gasteiger partial charge in [0.15, 0.2) is 0 Å². The van der Waals surface area contributed by atoms with Gasteiger partial charge in [-0.15, -0.1) is 0 Å². The fraction of sp³-hybridized carbons (Fsp3) is 0.588. The highest BCUT2D eigenvalue weighted by Gasteiger charge is 2.18. The summed E-state index contributed by atoms with van der Waals surface area (Å²) in [6.45, 7) is 5.05. The highest BCUT2D eigenvalue weighted by molar-refractivity contribution is 7.88. The first-order valence-electron chi connectivity index (χ1n) is 8.07. The number of hydrogen-bond acceptors (Lipinski definition) is 4. The van der Waals surface area contributed by atoms with Crippen LogP contribution in [0.3, 0.4) is 0 Å². The number of amides is 1. The normalized spacial score (nSPS) is 11.8. The van der Waals surface area contributed by atoms with Crippen molar-refractivity contribution in [2.75, 3.05) is 33.0 Å². The van der Waals surface area contributed by atoms with Crippen molar-refractivity contribution in [2.45, 2.75) is 26.7 Å². The van der Waals surface area contributed by atoms with Crippen LogP contribution >= 0.6 is 0 Å². The third kappa shape index (κ3) is 7.79. The molecule has 0 aliphatic rings. The van der Waals surface area contributed by atoms with E-state index in [0.717, 1.165) is 11.3 Å². The van der Waals surface area contributed by atoms with Crippen LogP contribution in [0.2, 0.25) is 0 Å². The van der Waals surface area contributed by atoms with E-state index in [9.17, 15) is 13.2 Å². The van der Waals surface area contributed by atoms with Crippen LogP contribution < -0.4 is 10.1 Å². The minimum Gasteiger partial charge on any atom is -0.497 e. The molecule has 7 heteroatoms. The van der Waals surface area contributed by atoms with Crippen molar-refractivity contribution in [1.29, 1.82) is 0 Å². The Balaban J connectivity index is 2.39. The summed E-state index contributed by atoms with van der Waals surface area (Å²) in [6.07, 6.45) is 2.04. The van der Waals surface area contributed by atoms with Crippen LogP contribution in [0.4, 0.5) is 0 Å². The number of sulfonamides is 1. The molecule has 0 aliphatic carbocycles. The Labute approximate surface area is 145 Å². The van der Waals surface area contributed by atoms with Gasteiger partial charge in [0.25, 0.3) is 0 Å². The highest BCUT2D eigenvalue weighted by Crippen LogP contribution is 2.12. The molecule has 0 aliphatic heterocycles. The van der Waals surface area contributed by atoms with Gasteiger partial charge >= 0.3 is 0 Å². The summed E-state index contributed by atoms with van der Waals surface area (Å²) in [7, 11) is -1.67. The van der Waals surface area contributed by atoms with Gasteiger partial charge in [-0.3, -0.25) is 4.79 Å². The Morgan fingerprint density at radius 2 is 2.04 bits per heavy atom. The van der Waals surface area contributed by atoms with E-state index in [1.165, 1.54) is 10.6 Å². The number of hydrogen-bond donors (Lipinski definition) is 1. The van der Waals surface area contributed by atoms with E-state index < -0.39 is 10.0 Å². The fourth-order valence-electron chi connectivity index (χ4n) is 2.29. The van der Waals surface area contributed by atoms with E-state index in [0.29, 0.717) is 19.5 Å². The predicted molar refractivity (Wildman–Crippen MR) is 95.6 cm³/mol. The first-order chi connectivity index (χ1) is 11.2. The van der Waals surface area contributed by atoms with Crippen molar-refractivity contribution >= 4 is 15.9 Å². The van der Waals surface area contributed by atoms with E-state index >= 15 is 0 Å². The van der Waals surface area contributed by atoms with Crippen LogP contribution in [0.25, 0.3) is 0 Å². The maximum absolute atomic E-state index is 11.9. The average Bonchev–Trinajstić information content (AvgIpc) is 2.50. The lowest BCUT2D eigenvalue weighted by Gasteiger charge is -2.21. The minimum atomic E-state index is -3.29. The van der Waals surface area contributed by atoms with Crippen molar-refractivity contribution in [3.05, 3.63) is 29.8 Å². The molecule has 0 atom stereocenters. The topological polar surface area (TPSA) is 75.7 Å². The standard InChI is InChI=1S/C17H28N2O4S/c1-14(2)13-19(24(4,21)22)11-9-17(20)18-10-8-15-6-5-7-16(12-15)23-3/h5-7,12,14H,8-11,13H2,1-4H3,(H,18,20). The molecule has 136 valence electrons. The molecule has 24 heavy (non-hydrogen) atoms. The molecule has 0 saturated carbocycles. The predicted octanol–water partition coefficient (Wildman–Crippen LogP) is 1.66. The van der Waals surface area contributed by atoms with Gasteiger partial charge in [0, 0.05) is 26.1 Å². The smallest absolute Gasteiger partial charge is 0.221 e. The van der Waals surface area contributed by atoms with Crippen molar-refractivity contribution in [2.24, 2.45) is 5.92 Å². The van der Waals surface area contributed by atoms with E-state index in [4.69, 9.17) is 4.74 Å². The zero-order valence-electron chi connectivity index (χ0n) is 14.9. The molecule has 0 heterocycles. The molecule has 1 N–H and O–H groups in total. The van der Waals surface area contributed by atoms with E-state index in [-0.39, 0.29) is 24.8 Å². The zero-order chi connectivity index (χ0) is 18.2. The second-order valence-electron chi connectivity index (χ2n) is 6.22. The molecule has 0 bridgehead atoms. The highest BCUT2D eigenvalue weighted by atomic mass is 32.2. The van der Waals surface area contributed by atoms with Gasteiger partial charge in [-0.05, 0) is 30.0 Å². The molecule has 1 amide bonds. The summed E-state index contributed by atoms with van der Waals surface area (Å²) in [5.41, 5.74) is 1.08. The molecule has 0 saturated heterocycles. The summed E-state index contributed by atoms with van der Waals surface area (Å²) in [5.74, 6) is 0.863. The number of carbonyl (C=O) groups is 1. The molecular weight excluding hydrogens is 328 g/mol. The molecule has 0 fully saturated rings. The van der Waals surface area contributed by atoms with Crippen molar-refractivity contribution in [3.8, 4) is 5.75 Å². The van der Waals surface area contributed by atoms with Crippen molar-refractivity contribution < 1.29 is 17.9 Å². The van der Waals surface area contributed by atoms with Crippen LogP contribution in [0.15, 0.2) is 24.3 Å². The molecule has 1 aromatic rings. The van der Waals surface area contributed by atoms with Crippen LogP contribution in [0, 0.1) is 5.92 Å². The number of benzene rings is 1. The van der Waals surface area contributed by atoms with Crippen LogP contribution in [-0.2, 0) is 21.2 Å². The SMILES string of the molecule is COc1cccc(CCNC(=O)CCN(CC(C)C)S(C)(=O)=O)c1. The first-order valence-corrected chi connectivity index (χ1v) is 9.92. The quantitative estimate of drug-likeness (QED) is 0.692. The minimum absolute atomic E-state index is 0.143. The van der Waals surface area contributed by atoms with Gasteiger partial charge < -0.3 is 10.1 Å². The lowest BCUT2D eigenvalue weighted by atomic mass is 10.1. The van der Waals surface area contributed by atoms with Gasteiger partial charge in [0.05, 0.1) is 13.4 Å². The molecule has 0 radical (unpaired) electrons. The van der Waals surface area contributed by atoms with E-state index in [1.807, 2.05) is 38.1 Å². The number of ether oxygens (including phenoxy) is 1. The Morgan fingerprint density at radius 1 is 1.33 bits per heavy atom. The van der Waals surface area contributed by atoms with Gasteiger partial charge in [-0.1, -0.05) is 26.0 Å². The van der Waals surface area contributed by atoms with E-state index in [2.05, 4.69) is 5.32 Å². The van der Waals surface area contributed by atoms with Crippen LogP contribution in [0.5, 0.6) is 5.75 Å². The number of nitrogens with zero attached hydrogens (tertiary/aromatic N) is 1. The monoisotopic (exact) mass is 356 g/mol. The van der Waals surface area contributed by atoms with Gasteiger partial charge in [0.1, 0.15) is 5.75 Å². The third-order valence-electron chi connectivity index (χ3n) is 3.50. The lowest BCUT2D eigenvalue weighted by molar-refractivity contribution is -0.121. The van der Waals surface area contributed by atoms with E-state index in [1.54, 1.807) is 7.11 Å². The van der Waals surface area contributed by atoms with Crippen LogP contribution in [0.1, 0.15) is 25.8 Å². The number of rotatable bonds is 10. The molecular formula is C17H28N2O4S. The zero-order valence-corrected chi connectivity index (χ0v) is 15.7.